The summed E-state index contributed by atoms with van der Waals surface area (Å²) in [4.78, 5) is 26.0. The number of alkyl carbamates (subject to hydrolysis) is 1. The normalized spacial score (nSPS) is 22.5. The maximum atomic E-state index is 12.0. The maximum Gasteiger partial charge on any atom is 0.407 e. The lowest BCUT2D eigenvalue weighted by atomic mass is 9.91. The first kappa shape index (κ1) is 19.7. The molecule has 0 aromatic carbocycles. The highest BCUT2D eigenvalue weighted by Gasteiger charge is 2.30. The highest BCUT2D eigenvalue weighted by atomic mass is 16.6. The molecule has 6 nitrogen and oxygen atoms in total. The van der Waals surface area contributed by atoms with Gasteiger partial charge in [0.15, 0.2) is 0 Å². The number of hydrogen-bond donors (Lipinski definition) is 1. The van der Waals surface area contributed by atoms with Gasteiger partial charge < -0.3 is 19.7 Å². The van der Waals surface area contributed by atoms with E-state index in [1.807, 2.05) is 27.7 Å². The average molecular weight is 328 g/mol. The van der Waals surface area contributed by atoms with Gasteiger partial charge in [-0.2, -0.15) is 0 Å². The van der Waals surface area contributed by atoms with Crippen LogP contribution >= 0.6 is 0 Å². The van der Waals surface area contributed by atoms with Crippen LogP contribution in [0.15, 0.2) is 0 Å². The van der Waals surface area contributed by atoms with E-state index in [-0.39, 0.29) is 17.9 Å². The summed E-state index contributed by atoms with van der Waals surface area (Å²) < 4.78 is 10.4. The Labute approximate surface area is 139 Å². The van der Waals surface area contributed by atoms with E-state index in [0.717, 1.165) is 32.5 Å². The van der Waals surface area contributed by atoms with Crippen molar-refractivity contribution in [2.24, 2.45) is 5.92 Å². The van der Waals surface area contributed by atoms with Crippen molar-refractivity contribution in [2.45, 2.75) is 65.5 Å². The number of nitrogens with zero attached hydrogens (tertiary/aromatic N) is 1. The summed E-state index contributed by atoms with van der Waals surface area (Å²) in [5, 5.41) is 2.94. The summed E-state index contributed by atoms with van der Waals surface area (Å²) in [5.74, 6) is 0.0427. The molecule has 0 spiro atoms. The first-order valence-corrected chi connectivity index (χ1v) is 8.61. The van der Waals surface area contributed by atoms with Crippen LogP contribution in [0.1, 0.15) is 53.9 Å². The Balaban J connectivity index is 2.59. The Morgan fingerprint density at radius 2 is 1.91 bits per heavy atom. The summed E-state index contributed by atoms with van der Waals surface area (Å²) >= 11 is 0. The van der Waals surface area contributed by atoms with Gasteiger partial charge in [0.1, 0.15) is 5.60 Å². The minimum Gasteiger partial charge on any atom is -0.466 e. The monoisotopic (exact) mass is 328 g/mol. The van der Waals surface area contributed by atoms with E-state index in [2.05, 4.69) is 17.1 Å². The quantitative estimate of drug-likeness (QED) is 0.759. The molecule has 1 aliphatic rings. The molecule has 2 atom stereocenters. The van der Waals surface area contributed by atoms with Gasteiger partial charge in [-0.1, -0.05) is 6.92 Å². The number of amides is 1. The van der Waals surface area contributed by atoms with Gasteiger partial charge in [-0.15, -0.1) is 0 Å². The van der Waals surface area contributed by atoms with E-state index >= 15 is 0 Å². The topological polar surface area (TPSA) is 67.9 Å². The van der Waals surface area contributed by atoms with Crippen LogP contribution in [0.25, 0.3) is 0 Å². The highest BCUT2D eigenvalue weighted by Crippen LogP contribution is 2.21. The Hall–Kier alpha value is -1.30. The fourth-order valence-corrected chi connectivity index (χ4v) is 2.98. The smallest absolute Gasteiger partial charge is 0.407 e. The lowest BCUT2D eigenvalue weighted by molar-refractivity contribution is -0.144. The van der Waals surface area contributed by atoms with Crippen molar-refractivity contribution in [3.8, 4) is 0 Å². The Kier molecular flexibility index (Phi) is 7.82. The summed E-state index contributed by atoms with van der Waals surface area (Å²) in [7, 11) is 0. The van der Waals surface area contributed by atoms with E-state index in [1.165, 1.54) is 0 Å². The third-order valence-corrected chi connectivity index (χ3v) is 3.63. The molecule has 0 aromatic rings. The molecule has 1 N–H and O–H groups in total. The molecular weight excluding hydrogens is 296 g/mol. The molecule has 0 aliphatic carbocycles. The number of ether oxygens (including phenoxy) is 2. The van der Waals surface area contributed by atoms with Crippen molar-refractivity contribution in [1.29, 1.82) is 0 Å². The molecule has 0 saturated carbocycles. The van der Waals surface area contributed by atoms with Gasteiger partial charge in [-0.25, -0.2) is 4.79 Å². The van der Waals surface area contributed by atoms with Crippen LogP contribution in [-0.4, -0.2) is 54.8 Å². The molecule has 2 unspecified atom stereocenters. The molecule has 1 amide bonds. The largest absolute Gasteiger partial charge is 0.466 e. The molecule has 0 bridgehead atoms. The molecule has 1 fully saturated rings. The van der Waals surface area contributed by atoms with Gasteiger partial charge in [0.25, 0.3) is 0 Å². The van der Waals surface area contributed by atoms with Crippen molar-refractivity contribution >= 4 is 12.1 Å². The van der Waals surface area contributed by atoms with Crippen LogP contribution in [0.3, 0.4) is 0 Å². The number of carbonyl (C=O) groups is 2. The molecule has 1 rings (SSSR count). The van der Waals surface area contributed by atoms with E-state index in [1.54, 1.807) is 0 Å². The molecule has 6 heteroatoms. The number of piperidine rings is 1. The van der Waals surface area contributed by atoms with Gasteiger partial charge in [0, 0.05) is 25.6 Å². The van der Waals surface area contributed by atoms with Gasteiger partial charge in [0.2, 0.25) is 0 Å². The van der Waals surface area contributed by atoms with Crippen molar-refractivity contribution in [3.63, 3.8) is 0 Å². The number of esters is 1. The predicted octanol–water partition coefficient (Wildman–Crippen LogP) is 2.56. The second-order valence-corrected chi connectivity index (χ2v) is 7.21. The van der Waals surface area contributed by atoms with Gasteiger partial charge in [-0.05, 0) is 53.0 Å². The van der Waals surface area contributed by atoms with E-state index in [0.29, 0.717) is 13.0 Å². The van der Waals surface area contributed by atoms with Crippen LogP contribution in [0, 0.1) is 5.92 Å². The van der Waals surface area contributed by atoms with Crippen LogP contribution in [0.5, 0.6) is 0 Å². The zero-order valence-corrected chi connectivity index (χ0v) is 15.2. The number of hydrogen-bond acceptors (Lipinski definition) is 5. The number of likely N-dealkylation sites (tertiary alicyclic amines) is 1. The van der Waals surface area contributed by atoms with Crippen LogP contribution in [0.4, 0.5) is 4.79 Å². The molecule has 134 valence electrons. The minimum absolute atomic E-state index is 0.00424. The average Bonchev–Trinajstić information content (AvgIpc) is 2.36. The fourth-order valence-electron chi connectivity index (χ4n) is 2.98. The van der Waals surface area contributed by atoms with Crippen molar-refractivity contribution in [3.05, 3.63) is 0 Å². The third kappa shape index (κ3) is 8.21. The number of carbonyl (C=O) groups excluding carboxylic acids is 2. The molecule has 0 aromatic heterocycles. The van der Waals surface area contributed by atoms with E-state index in [9.17, 15) is 9.59 Å². The van der Waals surface area contributed by atoms with E-state index < -0.39 is 11.7 Å². The summed E-state index contributed by atoms with van der Waals surface area (Å²) in [6, 6.07) is 0.00424. The Morgan fingerprint density at radius 3 is 2.48 bits per heavy atom. The summed E-state index contributed by atoms with van der Waals surface area (Å²) in [6.45, 7) is 12.5. The molecule has 1 heterocycles. The van der Waals surface area contributed by atoms with Crippen molar-refractivity contribution < 1.29 is 19.1 Å². The van der Waals surface area contributed by atoms with E-state index in [4.69, 9.17) is 9.47 Å². The number of nitrogens with one attached hydrogen (secondary N) is 1. The van der Waals surface area contributed by atoms with Crippen LogP contribution in [-0.2, 0) is 14.3 Å². The third-order valence-electron chi connectivity index (χ3n) is 3.63. The molecule has 23 heavy (non-hydrogen) atoms. The lowest BCUT2D eigenvalue weighted by Crippen LogP contribution is -2.52. The molecule has 0 radical (unpaired) electrons. The summed E-state index contributed by atoms with van der Waals surface area (Å²) in [6.07, 6.45) is 1.83. The Morgan fingerprint density at radius 1 is 1.22 bits per heavy atom. The molecule has 1 saturated heterocycles. The predicted molar refractivity (Wildman–Crippen MR) is 89.2 cm³/mol. The second kappa shape index (κ2) is 9.11. The van der Waals surface area contributed by atoms with Crippen molar-refractivity contribution in [1.82, 2.24) is 10.2 Å². The van der Waals surface area contributed by atoms with Gasteiger partial charge in [0.05, 0.1) is 6.61 Å². The highest BCUT2D eigenvalue weighted by molar-refractivity contribution is 5.70. The first-order valence-electron chi connectivity index (χ1n) is 8.61. The first-order chi connectivity index (χ1) is 10.7. The van der Waals surface area contributed by atoms with Gasteiger partial charge in [-0.3, -0.25) is 4.79 Å². The summed E-state index contributed by atoms with van der Waals surface area (Å²) in [5.41, 5.74) is -0.508. The Bertz CT molecular complexity index is 393. The lowest BCUT2D eigenvalue weighted by Gasteiger charge is -2.37. The second-order valence-electron chi connectivity index (χ2n) is 7.21. The molecule has 1 aliphatic heterocycles. The number of rotatable bonds is 6. The van der Waals surface area contributed by atoms with Gasteiger partial charge >= 0.3 is 12.1 Å². The SMILES string of the molecule is CCCN1CC(CC(=O)OCC)CC(NC(=O)OC(C)(C)C)C1. The molecular formula is C17H32N2O4. The fraction of sp³-hybridized carbons (Fsp3) is 0.882. The maximum absolute atomic E-state index is 12.0. The minimum atomic E-state index is -0.508. The van der Waals surface area contributed by atoms with Crippen LogP contribution in [0.2, 0.25) is 0 Å². The van der Waals surface area contributed by atoms with Crippen LogP contribution < -0.4 is 5.32 Å². The van der Waals surface area contributed by atoms with Crippen molar-refractivity contribution in [2.75, 3.05) is 26.2 Å². The zero-order valence-electron chi connectivity index (χ0n) is 15.2. The standard InChI is InChI=1S/C17H32N2O4/c1-6-8-19-11-13(10-15(20)22-7-2)9-14(12-19)18-16(21)23-17(3,4)5/h13-14H,6-12H2,1-5H3,(H,18,21). The zero-order chi connectivity index (χ0) is 17.5.